The van der Waals surface area contributed by atoms with E-state index in [1.165, 1.54) is 6.20 Å². The Bertz CT molecular complexity index is 272. The maximum atomic E-state index is 11.2. The molecule has 1 N–H and O–H groups in total. The second kappa shape index (κ2) is 4.15. The monoisotopic (exact) mass is 186 g/mol. The maximum Gasteiger partial charge on any atom is 0.256 e. The minimum atomic E-state index is -0.164. The lowest BCUT2D eigenvalue weighted by Gasteiger charge is -1.99. The first-order chi connectivity index (χ1) is 5.75. The van der Waals surface area contributed by atoms with Crippen LogP contribution in [-0.4, -0.2) is 23.4 Å². The van der Waals surface area contributed by atoms with Crippen molar-refractivity contribution in [1.82, 2.24) is 10.5 Å². The smallest absolute Gasteiger partial charge is 0.256 e. The van der Waals surface area contributed by atoms with Crippen LogP contribution in [-0.2, 0) is 0 Å². The molecule has 0 fully saturated rings. The van der Waals surface area contributed by atoms with Crippen molar-refractivity contribution in [2.45, 2.75) is 6.92 Å². The van der Waals surface area contributed by atoms with Gasteiger partial charge in [0.1, 0.15) is 11.3 Å². The Morgan fingerprint density at radius 3 is 3.08 bits per heavy atom. The molecule has 1 aromatic rings. The molecule has 0 bridgehead atoms. The fourth-order valence-corrected chi connectivity index (χ4v) is 0.893. The average molecular weight is 186 g/mol. The highest BCUT2D eigenvalue weighted by Crippen LogP contribution is 2.04. The Balaban J connectivity index is 2.59. The van der Waals surface area contributed by atoms with Gasteiger partial charge in [-0.2, -0.15) is 12.6 Å². The number of hydrogen-bond donors (Lipinski definition) is 2. The van der Waals surface area contributed by atoms with Crippen LogP contribution in [0.25, 0.3) is 0 Å². The van der Waals surface area contributed by atoms with E-state index in [1.807, 2.05) is 0 Å². The molecule has 0 aliphatic heterocycles. The molecule has 0 spiro atoms. The summed E-state index contributed by atoms with van der Waals surface area (Å²) in [6, 6.07) is 0. The van der Waals surface area contributed by atoms with Crippen LogP contribution in [0, 0.1) is 6.92 Å². The van der Waals surface area contributed by atoms with E-state index >= 15 is 0 Å². The second-order valence-electron chi connectivity index (χ2n) is 2.28. The lowest BCUT2D eigenvalue weighted by molar-refractivity contribution is 0.0954. The van der Waals surface area contributed by atoms with Gasteiger partial charge in [-0.3, -0.25) is 4.79 Å². The number of aromatic nitrogens is 1. The molecule has 1 amide bonds. The normalized spacial score (nSPS) is 9.83. The van der Waals surface area contributed by atoms with Gasteiger partial charge in [0.15, 0.2) is 0 Å². The zero-order valence-corrected chi connectivity index (χ0v) is 7.60. The van der Waals surface area contributed by atoms with E-state index in [0.717, 1.165) is 0 Å². The number of amides is 1. The van der Waals surface area contributed by atoms with Crippen LogP contribution in [0.2, 0.25) is 0 Å². The first kappa shape index (κ1) is 9.12. The number of nitrogens with zero attached hydrogens (tertiary/aromatic N) is 1. The highest BCUT2D eigenvalue weighted by atomic mass is 32.1. The van der Waals surface area contributed by atoms with Gasteiger partial charge in [0.2, 0.25) is 0 Å². The Morgan fingerprint density at radius 2 is 2.58 bits per heavy atom. The zero-order chi connectivity index (χ0) is 8.97. The molecule has 0 saturated heterocycles. The van der Waals surface area contributed by atoms with Gasteiger partial charge in [-0.15, -0.1) is 0 Å². The summed E-state index contributed by atoms with van der Waals surface area (Å²) < 4.78 is 4.74. The number of carbonyl (C=O) groups is 1. The summed E-state index contributed by atoms with van der Waals surface area (Å²) in [6.45, 7) is 2.25. The quantitative estimate of drug-likeness (QED) is 0.681. The van der Waals surface area contributed by atoms with E-state index in [4.69, 9.17) is 4.52 Å². The van der Waals surface area contributed by atoms with Crippen molar-refractivity contribution < 1.29 is 9.32 Å². The van der Waals surface area contributed by atoms with Crippen molar-refractivity contribution in [2.75, 3.05) is 12.3 Å². The fraction of sp³-hybridized carbons (Fsp3) is 0.429. The number of thiol groups is 1. The lowest BCUT2D eigenvalue weighted by Crippen LogP contribution is -2.25. The largest absolute Gasteiger partial charge is 0.361 e. The molecule has 66 valence electrons. The van der Waals surface area contributed by atoms with E-state index in [0.29, 0.717) is 23.6 Å². The molecule has 0 aliphatic carbocycles. The molecule has 0 atom stereocenters. The molecule has 1 aromatic heterocycles. The first-order valence-electron chi connectivity index (χ1n) is 3.56. The summed E-state index contributed by atoms with van der Waals surface area (Å²) in [5.74, 6) is 0.991. The van der Waals surface area contributed by atoms with Gasteiger partial charge < -0.3 is 9.84 Å². The zero-order valence-electron chi connectivity index (χ0n) is 6.70. The number of carbonyl (C=O) groups excluding carboxylic acids is 1. The number of aryl methyl sites for hydroxylation is 1. The molecule has 0 radical (unpaired) electrons. The molecule has 0 unspecified atom stereocenters. The highest BCUT2D eigenvalue weighted by molar-refractivity contribution is 7.80. The number of hydrogen-bond acceptors (Lipinski definition) is 4. The van der Waals surface area contributed by atoms with Crippen LogP contribution < -0.4 is 5.32 Å². The van der Waals surface area contributed by atoms with E-state index in [9.17, 15) is 4.79 Å². The topological polar surface area (TPSA) is 55.1 Å². The molecule has 5 heteroatoms. The van der Waals surface area contributed by atoms with Crippen LogP contribution in [0.5, 0.6) is 0 Å². The van der Waals surface area contributed by atoms with E-state index < -0.39 is 0 Å². The maximum absolute atomic E-state index is 11.2. The van der Waals surface area contributed by atoms with Crippen molar-refractivity contribution in [2.24, 2.45) is 0 Å². The molecule has 1 rings (SSSR count). The van der Waals surface area contributed by atoms with E-state index in [1.54, 1.807) is 6.92 Å². The summed E-state index contributed by atoms with van der Waals surface area (Å²) in [7, 11) is 0. The van der Waals surface area contributed by atoms with Crippen LogP contribution in [0.4, 0.5) is 0 Å². The predicted octanol–water partition coefficient (Wildman–Crippen LogP) is 0.643. The van der Waals surface area contributed by atoms with E-state index in [2.05, 4.69) is 23.1 Å². The Hall–Kier alpha value is -0.970. The second-order valence-corrected chi connectivity index (χ2v) is 2.72. The van der Waals surface area contributed by atoms with Gasteiger partial charge in [-0.05, 0) is 6.92 Å². The average Bonchev–Trinajstić information content (AvgIpc) is 2.47. The van der Waals surface area contributed by atoms with Crippen LogP contribution in [0.15, 0.2) is 10.7 Å². The van der Waals surface area contributed by atoms with Gasteiger partial charge in [0.25, 0.3) is 5.91 Å². The summed E-state index contributed by atoms with van der Waals surface area (Å²) >= 11 is 3.96. The van der Waals surface area contributed by atoms with E-state index in [-0.39, 0.29) is 5.91 Å². The standard InChI is InChI=1S/C7H10N2O2S/c1-5-6(4-9-11-5)7(10)8-2-3-12/h4,12H,2-3H2,1H3,(H,8,10). The number of rotatable bonds is 3. The Labute approximate surface area is 75.7 Å². The molecule has 0 saturated carbocycles. The van der Waals surface area contributed by atoms with Crippen molar-refractivity contribution in [3.05, 3.63) is 17.5 Å². The summed E-state index contributed by atoms with van der Waals surface area (Å²) in [5, 5.41) is 6.16. The summed E-state index contributed by atoms with van der Waals surface area (Å²) in [6.07, 6.45) is 1.41. The summed E-state index contributed by atoms with van der Waals surface area (Å²) in [4.78, 5) is 11.2. The molecule has 1 heterocycles. The van der Waals surface area contributed by atoms with Gasteiger partial charge in [-0.25, -0.2) is 0 Å². The van der Waals surface area contributed by atoms with Gasteiger partial charge in [0, 0.05) is 12.3 Å². The fourth-order valence-electron chi connectivity index (χ4n) is 0.781. The highest BCUT2D eigenvalue weighted by Gasteiger charge is 2.10. The molecular weight excluding hydrogens is 176 g/mol. The molecule has 12 heavy (non-hydrogen) atoms. The minimum Gasteiger partial charge on any atom is -0.361 e. The third-order valence-corrected chi connectivity index (χ3v) is 1.62. The summed E-state index contributed by atoms with van der Waals surface area (Å²) in [5.41, 5.74) is 0.483. The van der Waals surface area contributed by atoms with Crippen molar-refractivity contribution in [1.29, 1.82) is 0 Å². The van der Waals surface area contributed by atoms with Crippen LogP contribution in [0.1, 0.15) is 16.1 Å². The predicted molar refractivity (Wildman–Crippen MR) is 47.4 cm³/mol. The number of nitrogens with one attached hydrogen (secondary N) is 1. The molecule has 4 nitrogen and oxygen atoms in total. The van der Waals surface area contributed by atoms with Crippen LogP contribution >= 0.6 is 12.6 Å². The molecule has 0 aliphatic rings. The first-order valence-corrected chi connectivity index (χ1v) is 4.19. The minimum absolute atomic E-state index is 0.164. The van der Waals surface area contributed by atoms with Crippen LogP contribution in [0.3, 0.4) is 0 Å². The van der Waals surface area contributed by atoms with Gasteiger partial charge >= 0.3 is 0 Å². The molecular formula is C7H10N2O2S. The van der Waals surface area contributed by atoms with Crippen molar-refractivity contribution in [3.8, 4) is 0 Å². The third-order valence-electron chi connectivity index (χ3n) is 1.39. The van der Waals surface area contributed by atoms with Gasteiger partial charge in [-0.1, -0.05) is 5.16 Å². The van der Waals surface area contributed by atoms with Crippen molar-refractivity contribution in [3.63, 3.8) is 0 Å². The van der Waals surface area contributed by atoms with Crippen molar-refractivity contribution >= 4 is 18.5 Å². The SMILES string of the molecule is Cc1oncc1C(=O)NCCS. The molecule has 0 aromatic carbocycles. The van der Waals surface area contributed by atoms with Gasteiger partial charge in [0.05, 0.1) is 6.20 Å². The third kappa shape index (κ3) is 2.01. The Kier molecular flexibility index (Phi) is 3.16. The lowest BCUT2D eigenvalue weighted by atomic mass is 10.2. The Morgan fingerprint density at radius 1 is 1.83 bits per heavy atom.